The SMILES string of the molecule is COC1c2ccccc2-c2ccc(CC(=O)C(C)(C)C)cc21. The van der Waals surface area contributed by atoms with E-state index in [1.54, 1.807) is 7.11 Å². The van der Waals surface area contributed by atoms with Gasteiger partial charge in [-0.2, -0.15) is 0 Å². The highest BCUT2D eigenvalue weighted by molar-refractivity contribution is 5.86. The van der Waals surface area contributed by atoms with Gasteiger partial charge in [0.15, 0.2) is 0 Å². The quantitative estimate of drug-likeness (QED) is 0.829. The summed E-state index contributed by atoms with van der Waals surface area (Å²) in [4.78, 5) is 12.3. The van der Waals surface area contributed by atoms with Crippen molar-refractivity contribution in [2.75, 3.05) is 7.11 Å². The number of rotatable bonds is 3. The van der Waals surface area contributed by atoms with Crippen LogP contribution in [0.15, 0.2) is 42.5 Å². The Morgan fingerprint density at radius 1 is 1.05 bits per heavy atom. The monoisotopic (exact) mass is 294 g/mol. The van der Waals surface area contributed by atoms with Crippen LogP contribution in [0.25, 0.3) is 11.1 Å². The van der Waals surface area contributed by atoms with Crippen LogP contribution in [0.1, 0.15) is 43.6 Å². The second kappa shape index (κ2) is 5.36. The Balaban J connectivity index is 1.99. The van der Waals surface area contributed by atoms with E-state index in [0.717, 1.165) is 5.56 Å². The van der Waals surface area contributed by atoms with Crippen LogP contribution in [0.3, 0.4) is 0 Å². The number of ketones is 1. The highest BCUT2D eigenvalue weighted by atomic mass is 16.5. The molecule has 2 aromatic carbocycles. The van der Waals surface area contributed by atoms with Gasteiger partial charge in [-0.1, -0.05) is 63.2 Å². The molecule has 0 N–H and O–H groups in total. The third-order valence-electron chi connectivity index (χ3n) is 4.37. The minimum absolute atomic E-state index is 0.0316. The molecule has 2 aromatic rings. The number of methoxy groups -OCH3 is 1. The lowest BCUT2D eigenvalue weighted by atomic mass is 9.86. The van der Waals surface area contributed by atoms with Crippen molar-refractivity contribution in [3.8, 4) is 11.1 Å². The Hall–Kier alpha value is -1.93. The normalized spacial score (nSPS) is 16.3. The summed E-state index contributed by atoms with van der Waals surface area (Å²) in [6.45, 7) is 5.91. The number of Topliss-reactive ketones (excluding diaryl/α,β-unsaturated/α-hetero) is 1. The lowest BCUT2D eigenvalue weighted by molar-refractivity contribution is -0.125. The van der Waals surface area contributed by atoms with Crippen molar-refractivity contribution in [1.29, 1.82) is 0 Å². The van der Waals surface area contributed by atoms with E-state index in [9.17, 15) is 4.79 Å². The van der Waals surface area contributed by atoms with Crippen molar-refractivity contribution >= 4 is 5.78 Å². The van der Waals surface area contributed by atoms with Crippen LogP contribution in [-0.4, -0.2) is 12.9 Å². The van der Waals surface area contributed by atoms with Crippen molar-refractivity contribution in [2.24, 2.45) is 5.41 Å². The molecule has 1 atom stereocenters. The summed E-state index contributed by atoms with van der Waals surface area (Å²) in [6, 6.07) is 14.7. The Kier molecular flexibility index (Phi) is 3.65. The molecule has 0 fully saturated rings. The Labute approximate surface area is 132 Å². The van der Waals surface area contributed by atoms with Crippen molar-refractivity contribution in [3.63, 3.8) is 0 Å². The first-order valence-electron chi connectivity index (χ1n) is 7.70. The van der Waals surface area contributed by atoms with E-state index >= 15 is 0 Å². The molecule has 0 saturated heterocycles. The Bertz CT molecular complexity index is 723. The molecule has 0 aliphatic heterocycles. The van der Waals surface area contributed by atoms with Crippen molar-refractivity contribution < 1.29 is 9.53 Å². The molecule has 2 nitrogen and oxygen atoms in total. The van der Waals surface area contributed by atoms with Gasteiger partial charge in [0.2, 0.25) is 0 Å². The Morgan fingerprint density at radius 3 is 2.41 bits per heavy atom. The van der Waals surface area contributed by atoms with Gasteiger partial charge in [0.05, 0.1) is 0 Å². The summed E-state index contributed by atoms with van der Waals surface area (Å²) in [5, 5.41) is 0. The van der Waals surface area contributed by atoms with Crippen LogP contribution in [0, 0.1) is 5.41 Å². The molecule has 0 saturated carbocycles. The van der Waals surface area contributed by atoms with Crippen LogP contribution in [0.4, 0.5) is 0 Å². The maximum Gasteiger partial charge on any atom is 0.142 e. The highest BCUT2D eigenvalue weighted by Crippen LogP contribution is 2.45. The molecule has 0 heterocycles. The van der Waals surface area contributed by atoms with Gasteiger partial charge < -0.3 is 4.74 Å². The minimum Gasteiger partial charge on any atom is -0.372 e. The fourth-order valence-electron chi connectivity index (χ4n) is 3.03. The molecule has 2 heteroatoms. The summed E-state index contributed by atoms with van der Waals surface area (Å²) in [6.07, 6.45) is 0.444. The van der Waals surface area contributed by atoms with E-state index in [1.165, 1.54) is 22.3 Å². The molecule has 0 bridgehead atoms. The third-order valence-corrected chi connectivity index (χ3v) is 4.37. The third kappa shape index (κ3) is 2.48. The van der Waals surface area contributed by atoms with E-state index in [-0.39, 0.29) is 17.3 Å². The molecule has 0 spiro atoms. The van der Waals surface area contributed by atoms with Gasteiger partial charge in [0.25, 0.3) is 0 Å². The van der Waals surface area contributed by atoms with Gasteiger partial charge in [-0.25, -0.2) is 0 Å². The first-order chi connectivity index (χ1) is 10.4. The first kappa shape index (κ1) is 15.0. The maximum atomic E-state index is 12.3. The number of ether oxygens (including phenoxy) is 1. The van der Waals surface area contributed by atoms with Crippen LogP contribution >= 0.6 is 0 Å². The maximum absolute atomic E-state index is 12.3. The summed E-state index contributed by atoms with van der Waals surface area (Å²) in [5.41, 5.74) is 5.59. The van der Waals surface area contributed by atoms with E-state index in [1.807, 2.05) is 26.8 Å². The number of hydrogen-bond donors (Lipinski definition) is 0. The van der Waals surface area contributed by atoms with Gasteiger partial charge in [-0.3, -0.25) is 4.79 Å². The lowest BCUT2D eigenvalue weighted by Gasteiger charge is -2.17. The highest BCUT2D eigenvalue weighted by Gasteiger charge is 2.29. The van der Waals surface area contributed by atoms with E-state index in [2.05, 4.69) is 36.4 Å². The predicted octanol–water partition coefficient (Wildman–Crippen LogP) is 4.56. The number of fused-ring (bicyclic) bond motifs is 3. The van der Waals surface area contributed by atoms with Gasteiger partial charge >= 0.3 is 0 Å². The summed E-state index contributed by atoms with van der Waals surface area (Å²) < 4.78 is 5.71. The fraction of sp³-hybridized carbons (Fsp3) is 0.350. The molecule has 1 aliphatic rings. The van der Waals surface area contributed by atoms with Crippen molar-refractivity contribution in [2.45, 2.75) is 33.3 Å². The van der Waals surface area contributed by atoms with E-state index < -0.39 is 0 Å². The van der Waals surface area contributed by atoms with Crippen molar-refractivity contribution in [1.82, 2.24) is 0 Å². The van der Waals surface area contributed by atoms with Crippen LogP contribution < -0.4 is 0 Å². The average molecular weight is 294 g/mol. The van der Waals surface area contributed by atoms with Gasteiger partial charge in [-0.15, -0.1) is 0 Å². The zero-order valence-corrected chi connectivity index (χ0v) is 13.6. The van der Waals surface area contributed by atoms with E-state index in [0.29, 0.717) is 6.42 Å². The fourth-order valence-corrected chi connectivity index (χ4v) is 3.03. The molecule has 0 radical (unpaired) electrons. The average Bonchev–Trinajstić information content (AvgIpc) is 2.79. The molecule has 22 heavy (non-hydrogen) atoms. The molecule has 1 unspecified atom stereocenters. The smallest absolute Gasteiger partial charge is 0.142 e. The molecular formula is C20H22O2. The number of hydrogen-bond acceptors (Lipinski definition) is 2. The zero-order chi connectivity index (χ0) is 15.9. The number of carbonyl (C=O) groups excluding carboxylic acids is 1. The topological polar surface area (TPSA) is 26.3 Å². The molecular weight excluding hydrogens is 272 g/mol. The molecule has 0 aromatic heterocycles. The van der Waals surface area contributed by atoms with Gasteiger partial charge in [-0.05, 0) is 27.8 Å². The standard InChI is InChI=1S/C20H22O2/c1-20(2,3)18(21)12-13-9-10-15-14-7-5-6-8-16(14)19(22-4)17(15)11-13/h5-11,19H,12H2,1-4H3. The van der Waals surface area contributed by atoms with Crippen LogP contribution in [0.2, 0.25) is 0 Å². The summed E-state index contributed by atoms with van der Waals surface area (Å²) in [7, 11) is 1.74. The van der Waals surface area contributed by atoms with Crippen molar-refractivity contribution in [3.05, 3.63) is 59.2 Å². The van der Waals surface area contributed by atoms with Crippen LogP contribution in [0.5, 0.6) is 0 Å². The number of carbonyl (C=O) groups is 1. The number of benzene rings is 2. The second-order valence-electron chi connectivity index (χ2n) is 6.97. The molecule has 114 valence electrons. The summed E-state index contributed by atoms with van der Waals surface area (Å²) in [5.74, 6) is 0.261. The minimum atomic E-state index is -0.303. The molecule has 3 rings (SSSR count). The zero-order valence-electron chi connectivity index (χ0n) is 13.6. The summed E-state index contributed by atoms with van der Waals surface area (Å²) >= 11 is 0. The lowest BCUT2D eigenvalue weighted by Crippen LogP contribution is -2.22. The predicted molar refractivity (Wildman–Crippen MR) is 88.9 cm³/mol. The first-order valence-corrected chi connectivity index (χ1v) is 7.70. The van der Waals surface area contributed by atoms with Gasteiger partial charge in [0, 0.05) is 18.9 Å². The largest absolute Gasteiger partial charge is 0.372 e. The van der Waals surface area contributed by atoms with Gasteiger partial charge in [0.1, 0.15) is 11.9 Å². The van der Waals surface area contributed by atoms with Crippen LogP contribution in [-0.2, 0) is 16.0 Å². The second-order valence-corrected chi connectivity index (χ2v) is 6.97. The Morgan fingerprint density at radius 2 is 1.73 bits per heavy atom. The molecule has 0 amide bonds. The van der Waals surface area contributed by atoms with E-state index in [4.69, 9.17) is 4.74 Å². The molecule has 1 aliphatic carbocycles.